The number of aromatic nitrogens is 8. The number of hydrogen-bond acceptors (Lipinski definition) is 8. The molecular weight excluding hydrogens is 470 g/mol. The Balaban J connectivity index is 1.51. The molecule has 13 heteroatoms. The molecule has 0 saturated carbocycles. The van der Waals surface area contributed by atoms with Crippen LogP contribution in [0.3, 0.4) is 0 Å². The number of amides is 1. The molecular formula is C22H19N9O3S. The fraction of sp³-hybridized carbons (Fsp3) is 0.182. The van der Waals surface area contributed by atoms with Gasteiger partial charge < -0.3 is 4.90 Å². The second-order valence-corrected chi connectivity index (χ2v) is 10.1. The van der Waals surface area contributed by atoms with Gasteiger partial charge in [-0.3, -0.25) is 4.79 Å². The number of hydrogen-bond donors (Lipinski definition) is 0. The molecule has 5 aromatic rings. The molecule has 12 nitrogen and oxygen atoms in total. The lowest BCUT2D eigenvalue weighted by atomic mass is 10.00. The quantitative estimate of drug-likeness (QED) is 0.371. The van der Waals surface area contributed by atoms with Crippen LogP contribution in [0.4, 0.5) is 5.69 Å². The lowest BCUT2D eigenvalue weighted by molar-refractivity contribution is 0.0975. The van der Waals surface area contributed by atoms with E-state index in [0.717, 1.165) is 32.9 Å². The number of anilines is 1. The molecule has 1 aliphatic rings. The van der Waals surface area contributed by atoms with Crippen LogP contribution in [-0.4, -0.2) is 65.7 Å². The molecule has 6 heterocycles. The third-order valence-electron chi connectivity index (χ3n) is 5.85. The normalized spacial score (nSPS) is 14.0. The van der Waals surface area contributed by atoms with Gasteiger partial charge in [0, 0.05) is 29.6 Å². The summed E-state index contributed by atoms with van der Waals surface area (Å²) in [7, 11) is -3.56. The largest absolute Gasteiger partial charge is 0.304 e. The minimum atomic E-state index is -3.56. The standard InChI is InChI=1S/C22H19N9O3S/c1-14-4-3-5-19(26-14)31-21(15-6-7-18-23-13-25-29(18)11-15)17-8-9-28(22(32)20(17)27-31)16-10-24-30(12-16)35(2,33)34/h3-7,10-13H,8-9H2,1-2H3. The second-order valence-electron chi connectivity index (χ2n) is 8.25. The fourth-order valence-corrected chi connectivity index (χ4v) is 4.76. The Morgan fingerprint density at radius 1 is 1.06 bits per heavy atom. The van der Waals surface area contributed by atoms with Crippen LogP contribution in [0.5, 0.6) is 0 Å². The minimum absolute atomic E-state index is 0.278. The summed E-state index contributed by atoms with van der Waals surface area (Å²) in [6.45, 7) is 2.23. The van der Waals surface area contributed by atoms with E-state index in [-0.39, 0.29) is 11.6 Å². The average Bonchev–Trinajstić information content (AvgIpc) is 3.56. The summed E-state index contributed by atoms with van der Waals surface area (Å²) >= 11 is 0. The van der Waals surface area contributed by atoms with Gasteiger partial charge in [-0.2, -0.15) is 19.4 Å². The van der Waals surface area contributed by atoms with E-state index in [9.17, 15) is 13.2 Å². The van der Waals surface area contributed by atoms with Crippen LogP contribution in [0, 0.1) is 6.92 Å². The summed E-state index contributed by atoms with van der Waals surface area (Å²) in [4.78, 5) is 23.9. The van der Waals surface area contributed by atoms with Crippen LogP contribution in [0.15, 0.2) is 55.2 Å². The molecule has 1 amide bonds. The first-order valence-corrected chi connectivity index (χ1v) is 12.6. The van der Waals surface area contributed by atoms with E-state index >= 15 is 0 Å². The Morgan fingerprint density at radius 2 is 1.91 bits per heavy atom. The molecule has 176 valence electrons. The maximum absolute atomic E-state index is 13.6. The fourth-order valence-electron chi connectivity index (χ4n) is 4.24. The van der Waals surface area contributed by atoms with Gasteiger partial charge in [-0.25, -0.2) is 27.6 Å². The molecule has 0 saturated heterocycles. The molecule has 0 atom stereocenters. The van der Waals surface area contributed by atoms with Crippen LogP contribution in [-0.2, 0) is 16.4 Å². The molecule has 0 aromatic carbocycles. The van der Waals surface area contributed by atoms with Gasteiger partial charge in [0.15, 0.2) is 17.2 Å². The smallest absolute Gasteiger partial charge is 0.279 e. The molecule has 0 aliphatic carbocycles. The highest BCUT2D eigenvalue weighted by Gasteiger charge is 2.34. The zero-order valence-electron chi connectivity index (χ0n) is 18.8. The molecule has 0 N–H and O–H groups in total. The Bertz CT molecular complexity index is 1730. The van der Waals surface area contributed by atoms with Crippen LogP contribution in [0.2, 0.25) is 0 Å². The van der Waals surface area contributed by atoms with Gasteiger partial charge in [0.2, 0.25) is 0 Å². The Hall–Kier alpha value is -4.39. The van der Waals surface area contributed by atoms with Gasteiger partial charge in [-0.15, -0.1) is 0 Å². The average molecular weight is 490 g/mol. The van der Waals surface area contributed by atoms with Crippen molar-refractivity contribution in [2.45, 2.75) is 13.3 Å². The zero-order valence-corrected chi connectivity index (χ0v) is 19.6. The molecule has 6 rings (SSSR count). The van der Waals surface area contributed by atoms with E-state index < -0.39 is 10.0 Å². The van der Waals surface area contributed by atoms with Crippen molar-refractivity contribution in [2.75, 3.05) is 17.7 Å². The number of carbonyl (C=O) groups excluding carboxylic acids is 1. The summed E-state index contributed by atoms with van der Waals surface area (Å²) in [5, 5.41) is 12.8. The zero-order chi connectivity index (χ0) is 24.3. The lowest BCUT2D eigenvalue weighted by Crippen LogP contribution is -2.37. The SMILES string of the molecule is Cc1cccc(-n2nc3c(c2-c2ccc4ncnn4c2)CCN(c2cnn(S(C)(=O)=O)c2)C3=O)n1. The molecule has 0 fully saturated rings. The van der Waals surface area contributed by atoms with Gasteiger partial charge in [-0.05, 0) is 37.6 Å². The van der Waals surface area contributed by atoms with Gasteiger partial charge in [0.1, 0.15) is 6.33 Å². The minimum Gasteiger partial charge on any atom is -0.304 e. The van der Waals surface area contributed by atoms with Crippen molar-refractivity contribution in [3.63, 3.8) is 0 Å². The number of pyridine rings is 2. The van der Waals surface area contributed by atoms with E-state index in [1.165, 1.54) is 23.6 Å². The molecule has 0 unspecified atom stereocenters. The highest BCUT2D eigenvalue weighted by atomic mass is 32.2. The number of rotatable bonds is 4. The molecule has 0 spiro atoms. The predicted octanol–water partition coefficient (Wildman–Crippen LogP) is 1.49. The lowest BCUT2D eigenvalue weighted by Gasteiger charge is -2.24. The van der Waals surface area contributed by atoms with Gasteiger partial charge in [-0.1, -0.05) is 6.07 Å². The predicted molar refractivity (Wildman–Crippen MR) is 126 cm³/mol. The van der Waals surface area contributed by atoms with Crippen LogP contribution in [0.1, 0.15) is 21.7 Å². The summed E-state index contributed by atoms with van der Waals surface area (Å²) in [5.41, 5.74) is 4.52. The van der Waals surface area contributed by atoms with Crippen molar-refractivity contribution < 1.29 is 13.2 Å². The van der Waals surface area contributed by atoms with Gasteiger partial charge in [0.25, 0.3) is 15.9 Å². The number of fused-ring (bicyclic) bond motifs is 2. The Kier molecular flexibility index (Phi) is 4.57. The molecule has 5 aromatic heterocycles. The second kappa shape index (κ2) is 7.56. The third-order valence-corrected chi connectivity index (χ3v) is 6.73. The summed E-state index contributed by atoms with van der Waals surface area (Å²) < 4.78 is 27.9. The van der Waals surface area contributed by atoms with E-state index in [1.807, 2.05) is 43.5 Å². The topological polar surface area (TPSA) is 133 Å². The van der Waals surface area contributed by atoms with E-state index in [1.54, 1.807) is 9.20 Å². The van der Waals surface area contributed by atoms with Crippen molar-refractivity contribution in [1.29, 1.82) is 0 Å². The molecule has 0 radical (unpaired) electrons. The number of nitrogens with zero attached hydrogens (tertiary/aromatic N) is 9. The monoisotopic (exact) mass is 489 g/mol. The summed E-state index contributed by atoms with van der Waals surface area (Å²) in [5.74, 6) is 0.242. The van der Waals surface area contributed by atoms with Crippen molar-refractivity contribution in [2.24, 2.45) is 0 Å². The van der Waals surface area contributed by atoms with E-state index in [4.69, 9.17) is 5.10 Å². The maximum Gasteiger partial charge on any atom is 0.279 e. The van der Waals surface area contributed by atoms with Crippen LogP contribution < -0.4 is 4.90 Å². The van der Waals surface area contributed by atoms with Crippen LogP contribution >= 0.6 is 0 Å². The number of aryl methyl sites for hydroxylation is 1. The van der Waals surface area contributed by atoms with E-state index in [0.29, 0.717) is 30.1 Å². The molecule has 0 bridgehead atoms. The van der Waals surface area contributed by atoms with Crippen molar-refractivity contribution >= 4 is 27.3 Å². The van der Waals surface area contributed by atoms with Crippen LogP contribution in [0.25, 0.3) is 22.7 Å². The van der Waals surface area contributed by atoms with Crippen molar-refractivity contribution in [3.05, 3.63) is 72.2 Å². The highest BCUT2D eigenvalue weighted by molar-refractivity contribution is 7.89. The maximum atomic E-state index is 13.6. The Morgan fingerprint density at radius 3 is 2.69 bits per heavy atom. The van der Waals surface area contributed by atoms with Gasteiger partial charge in [0.05, 0.1) is 30.0 Å². The number of carbonyl (C=O) groups is 1. The molecule has 35 heavy (non-hydrogen) atoms. The van der Waals surface area contributed by atoms with E-state index in [2.05, 4.69) is 20.2 Å². The first kappa shape index (κ1) is 21.2. The summed E-state index contributed by atoms with van der Waals surface area (Å²) in [6.07, 6.45) is 7.57. The first-order chi connectivity index (χ1) is 16.8. The summed E-state index contributed by atoms with van der Waals surface area (Å²) in [6, 6.07) is 9.38. The third kappa shape index (κ3) is 3.47. The van der Waals surface area contributed by atoms with Crippen molar-refractivity contribution in [1.82, 2.24) is 38.5 Å². The van der Waals surface area contributed by atoms with Crippen molar-refractivity contribution in [3.8, 4) is 17.1 Å². The molecule has 1 aliphatic heterocycles. The highest BCUT2D eigenvalue weighted by Crippen LogP contribution is 2.33. The first-order valence-electron chi connectivity index (χ1n) is 10.7. The van der Waals surface area contributed by atoms with Gasteiger partial charge >= 0.3 is 0 Å². The Labute approximate surface area is 199 Å².